The molecule has 0 fully saturated rings. The summed E-state index contributed by atoms with van der Waals surface area (Å²) in [5.41, 5.74) is 3.21. The number of benzene rings is 1. The lowest BCUT2D eigenvalue weighted by molar-refractivity contribution is -0.0521. The summed E-state index contributed by atoms with van der Waals surface area (Å²) < 4.78 is 49.8. The number of methoxy groups -OCH3 is 1. The van der Waals surface area contributed by atoms with Crippen LogP contribution in [0.2, 0.25) is 0 Å². The summed E-state index contributed by atoms with van der Waals surface area (Å²) in [6, 6.07) is 11.0. The van der Waals surface area contributed by atoms with Crippen LogP contribution in [0.3, 0.4) is 0 Å². The molecule has 0 radical (unpaired) electrons. The molecule has 4 rings (SSSR count). The third kappa shape index (κ3) is 3.98. The zero-order chi connectivity index (χ0) is 20.4. The number of alkyl halides is 2. The van der Waals surface area contributed by atoms with E-state index in [0.29, 0.717) is 34.6 Å². The molecule has 148 valence electrons. The van der Waals surface area contributed by atoms with Gasteiger partial charge in [-0.15, -0.1) is 0 Å². The molecule has 0 spiro atoms. The van der Waals surface area contributed by atoms with Crippen LogP contribution in [0.25, 0.3) is 22.2 Å². The lowest BCUT2D eigenvalue weighted by Gasteiger charge is -2.09. The van der Waals surface area contributed by atoms with E-state index in [1.807, 2.05) is 12.1 Å². The zero-order valence-corrected chi connectivity index (χ0v) is 15.2. The molecule has 0 N–H and O–H groups in total. The number of halogens is 3. The number of hydrogen-bond donors (Lipinski definition) is 0. The maximum atomic E-state index is 13.7. The molecule has 9 heteroatoms. The second kappa shape index (κ2) is 7.78. The van der Waals surface area contributed by atoms with Crippen molar-refractivity contribution in [2.75, 3.05) is 7.11 Å². The van der Waals surface area contributed by atoms with Crippen LogP contribution in [-0.2, 0) is 6.54 Å². The summed E-state index contributed by atoms with van der Waals surface area (Å²) in [4.78, 5) is 8.73. The highest BCUT2D eigenvalue weighted by molar-refractivity contribution is 5.80. The minimum absolute atomic E-state index is 0.384. The van der Waals surface area contributed by atoms with Crippen LogP contribution in [0.5, 0.6) is 11.6 Å². The second-order valence-corrected chi connectivity index (χ2v) is 6.13. The van der Waals surface area contributed by atoms with Gasteiger partial charge in [-0.3, -0.25) is 9.67 Å². The quantitative estimate of drug-likeness (QED) is 0.483. The van der Waals surface area contributed by atoms with Gasteiger partial charge in [0.15, 0.2) is 11.6 Å². The summed E-state index contributed by atoms with van der Waals surface area (Å²) >= 11 is 0. The molecule has 6 nitrogen and oxygen atoms in total. The normalized spacial score (nSPS) is 11.2. The average Bonchev–Trinajstić information content (AvgIpc) is 3.11. The van der Waals surface area contributed by atoms with Crippen LogP contribution in [0.15, 0.2) is 54.9 Å². The van der Waals surface area contributed by atoms with Gasteiger partial charge < -0.3 is 9.47 Å². The first kappa shape index (κ1) is 18.7. The Labute approximate surface area is 163 Å². The van der Waals surface area contributed by atoms with Crippen molar-refractivity contribution in [1.29, 1.82) is 0 Å². The Balaban J connectivity index is 1.70. The Hall–Kier alpha value is -3.62. The molecule has 0 amide bonds. The SMILES string of the molecule is COc1cccc(Cn2ncc3ncc(-c4ccc(F)c(OC(F)F)c4)cc32)n1. The largest absolute Gasteiger partial charge is 0.481 e. The monoisotopic (exact) mass is 400 g/mol. The van der Waals surface area contributed by atoms with E-state index in [4.69, 9.17) is 4.74 Å². The van der Waals surface area contributed by atoms with Gasteiger partial charge in [0.25, 0.3) is 0 Å². The van der Waals surface area contributed by atoms with E-state index in [-0.39, 0.29) is 0 Å². The van der Waals surface area contributed by atoms with Crippen molar-refractivity contribution in [3.05, 3.63) is 66.4 Å². The van der Waals surface area contributed by atoms with E-state index >= 15 is 0 Å². The fourth-order valence-corrected chi connectivity index (χ4v) is 2.92. The van der Waals surface area contributed by atoms with Crippen LogP contribution >= 0.6 is 0 Å². The summed E-state index contributed by atoms with van der Waals surface area (Å²) in [6.07, 6.45) is 3.19. The number of ether oxygens (including phenoxy) is 2. The molecule has 1 aromatic carbocycles. The molecule has 3 aromatic heterocycles. The van der Waals surface area contributed by atoms with Crippen molar-refractivity contribution in [2.24, 2.45) is 0 Å². The van der Waals surface area contributed by atoms with E-state index in [2.05, 4.69) is 19.8 Å². The van der Waals surface area contributed by atoms with Gasteiger partial charge in [0.05, 0.1) is 31.1 Å². The predicted molar refractivity (Wildman–Crippen MR) is 99.4 cm³/mol. The van der Waals surface area contributed by atoms with Crippen LogP contribution in [0, 0.1) is 5.82 Å². The molecular weight excluding hydrogens is 385 g/mol. The summed E-state index contributed by atoms with van der Waals surface area (Å²) in [5, 5.41) is 4.34. The average molecular weight is 400 g/mol. The highest BCUT2D eigenvalue weighted by atomic mass is 19.3. The fraction of sp³-hybridized carbons (Fsp3) is 0.150. The van der Waals surface area contributed by atoms with Crippen molar-refractivity contribution in [2.45, 2.75) is 13.2 Å². The van der Waals surface area contributed by atoms with Gasteiger partial charge in [-0.25, -0.2) is 9.37 Å². The third-order valence-electron chi connectivity index (χ3n) is 4.28. The molecule has 0 aliphatic rings. The van der Waals surface area contributed by atoms with Crippen molar-refractivity contribution >= 4 is 11.0 Å². The van der Waals surface area contributed by atoms with Gasteiger partial charge in [0.2, 0.25) is 5.88 Å². The fourth-order valence-electron chi connectivity index (χ4n) is 2.92. The Morgan fingerprint density at radius 3 is 2.72 bits per heavy atom. The van der Waals surface area contributed by atoms with Gasteiger partial charge in [0.1, 0.15) is 5.52 Å². The molecule has 0 saturated carbocycles. The highest BCUT2D eigenvalue weighted by Gasteiger charge is 2.13. The van der Waals surface area contributed by atoms with Crippen molar-refractivity contribution < 1.29 is 22.6 Å². The number of pyridine rings is 2. The molecule has 4 aromatic rings. The molecule has 29 heavy (non-hydrogen) atoms. The Morgan fingerprint density at radius 2 is 1.93 bits per heavy atom. The number of fused-ring (bicyclic) bond motifs is 1. The smallest absolute Gasteiger partial charge is 0.387 e. The van der Waals surface area contributed by atoms with E-state index in [1.54, 1.807) is 36.3 Å². The van der Waals surface area contributed by atoms with E-state index in [9.17, 15) is 13.2 Å². The van der Waals surface area contributed by atoms with Crippen LogP contribution in [0.4, 0.5) is 13.2 Å². The van der Waals surface area contributed by atoms with Gasteiger partial charge in [0, 0.05) is 17.8 Å². The second-order valence-electron chi connectivity index (χ2n) is 6.13. The Morgan fingerprint density at radius 1 is 1.07 bits per heavy atom. The maximum Gasteiger partial charge on any atom is 0.387 e. The van der Waals surface area contributed by atoms with E-state index in [0.717, 1.165) is 11.8 Å². The maximum absolute atomic E-state index is 13.7. The molecule has 0 unspecified atom stereocenters. The van der Waals surface area contributed by atoms with Crippen molar-refractivity contribution in [3.8, 4) is 22.8 Å². The van der Waals surface area contributed by atoms with Gasteiger partial charge in [-0.2, -0.15) is 13.9 Å². The van der Waals surface area contributed by atoms with Crippen molar-refractivity contribution in [1.82, 2.24) is 19.7 Å². The number of hydrogen-bond acceptors (Lipinski definition) is 5. The molecule has 3 heterocycles. The van der Waals surface area contributed by atoms with E-state index in [1.165, 1.54) is 12.1 Å². The minimum atomic E-state index is -3.11. The first-order valence-electron chi connectivity index (χ1n) is 8.59. The standard InChI is InChI=1S/C20H15F3N4O2/c1-28-19-4-2-3-14(26-19)11-27-17-7-13(9-24-16(17)10-25-27)12-5-6-15(21)18(8-12)29-20(22)23/h2-10,20H,11H2,1H3. The van der Waals surface area contributed by atoms with Gasteiger partial charge in [-0.1, -0.05) is 12.1 Å². The number of rotatable bonds is 6. The van der Waals surface area contributed by atoms with Crippen LogP contribution in [-0.4, -0.2) is 33.5 Å². The number of aromatic nitrogens is 4. The summed E-state index contributed by atoms with van der Waals surface area (Å²) in [7, 11) is 1.54. The van der Waals surface area contributed by atoms with E-state index < -0.39 is 18.2 Å². The molecule has 0 aliphatic carbocycles. The van der Waals surface area contributed by atoms with Gasteiger partial charge in [-0.05, 0) is 29.8 Å². The highest BCUT2D eigenvalue weighted by Crippen LogP contribution is 2.29. The third-order valence-corrected chi connectivity index (χ3v) is 4.28. The molecular formula is C20H15F3N4O2. The predicted octanol–water partition coefficient (Wildman–Crippen LogP) is 4.29. The molecule has 0 atom stereocenters. The first-order chi connectivity index (χ1) is 14.0. The zero-order valence-electron chi connectivity index (χ0n) is 15.2. The Bertz CT molecular complexity index is 1160. The number of nitrogens with zero attached hydrogens (tertiary/aromatic N) is 4. The molecule has 0 bridgehead atoms. The lowest BCUT2D eigenvalue weighted by Crippen LogP contribution is -2.04. The summed E-state index contributed by atoms with van der Waals surface area (Å²) in [6.45, 7) is -2.73. The Kier molecular flexibility index (Phi) is 5.03. The molecule has 0 saturated heterocycles. The van der Waals surface area contributed by atoms with Crippen LogP contribution < -0.4 is 9.47 Å². The minimum Gasteiger partial charge on any atom is -0.481 e. The molecule has 0 aliphatic heterocycles. The lowest BCUT2D eigenvalue weighted by atomic mass is 10.1. The van der Waals surface area contributed by atoms with Gasteiger partial charge >= 0.3 is 6.61 Å². The van der Waals surface area contributed by atoms with Crippen molar-refractivity contribution in [3.63, 3.8) is 0 Å². The van der Waals surface area contributed by atoms with Crippen LogP contribution in [0.1, 0.15) is 5.69 Å². The summed E-state index contributed by atoms with van der Waals surface area (Å²) in [5.74, 6) is -0.889. The topological polar surface area (TPSA) is 62.1 Å². The first-order valence-corrected chi connectivity index (χ1v) is 8.59.